The number of carbonyl (C=O) groups excluding carboxylic acids is 1. The number of para-hydroxylation sites is 1. The van der Waals surface area contributed by atoms with Gasteiger partial charge in [-0.2, -0.15) is 0 Å². The first-order valence-electron chi connectivity index (χ1n) is 13.5. The number of hydrogen-bond donors (Lipinski definition) is 0. The molecule has 5 rings (SSSR count). The fraction of sp³-hybridized carbons (Fsp3) is 0.419. The van der Waals surface area contributed by atoms with Crippen molar-refractivity contribution in [1.82, 2.24) is 4.90 Å². The maximum atomic E-state index is 13.7. The normalized spacial score (nSPS) is 22.8. The number of hydrogen-bond acceptors (Lipinski definition) is 6. The Kier molecular flexibility index (Phi) is 7.68. The average molecular weight is 532 g/mol. The van der Waals surface area contributed by atoms with E-state index >= 15 is 0 Å². The molecule has 6 nitrogen and oxygen atoms in total. The van der Waals surface area contributed by atoms with Crippen LogP contribution in [0, 0.1) is 0 Å². The van der Waals surface area contributed by atoms with Crippen LogP contribution in [0.1, 0.15) is 58.1 Å². The monoisotopic (exact) mass is 531 g/mol. The predicted molar refractivity (Wildman–Crippen MR) is 158 cm³/mol. The molecule has 2 saturated heterocycles. The lowest BCUT2D eigenvalue weighted by molar-refractivity contribution is -0.123. The lowest BCUT2D eigenvalue weighted by Crippen LogP contribution is -2.45. The van der Waals surface area contributed by atoms with Gasteiger partial charge in [-0.05, 0) is 81.6 Å². The van der Waals surface area contributed by atoms with Crippen molar-refractivity contribution in [3.8, 4) is 5.75 Å². The third kappa shape index (κ3) is 5.27. The number of anilines is 1. The van der Waals surface area contributed by atoms with Crippen molar-refractivity contribution >= 4 is 45.9 Å². The molecule has 3 aliphatic heterocycles. The molecule has 1 atom stereocenters. The standard InChI is InChI=1S/C31H37N3O3S/c1-6-14-34-26-18-27(36-5)22(16-25(26)21(2)19-31(34,3)4)17-28-29(35)33(20-24-13-10-15-37-24)30(38-28)32-23-11-8-7-9-12-23/h7-9,11-12,16-19,24H,6,10,13-15,20H2,1-5H3/b28-17+,32-30?. The van der Waals surface area contributed by atoms with E-state index in [9.17, 15) is 4.79 Å². The highest BCUT2D eigenvalue weighted by Crippen LogP contribution is 2.44. The number of benzene rings is 2. The summed E-state index contributed by atoms with van der Waals surface area (Å²) in [5, 5.41) is 0.687. The van der Waals surface area contributed by atoms with Crippen LogP contribution in [0.2, 0.25) is 0 Å². The lowest BCUT2D eigenvalue weighted by Gasteiger charge is -2.43. The number of allylic oxidation sites excluding steroid dienone is 1. The fourth-order valence-corrected chi connectivity index (χ4v) is 6.54. The van der Waals surface area contributed by atoms with E-state index in [0.29, 0.717) is 16.6 Å². The quantitative estimate of drug-likeness (QED) is 0.364. The summed E-state index contributed by atoms with van der Waals surface area (Å²) >= 11 is 1.42. The summed E-state index contributed by atoms with van der Waals surface area (Å²) in [4.78, 5) is 23.4. The molecule has 0 saturated carbocycles. The highest BCUT2D eigenvalue weighted by molar-refractivity contribution is 8.18. The Labute approximate surface area is 230 Å². The molecule has 0 aromatic heterocycles. The second-order valence-corrected chi connectivity index (χ2v) is 11.6. The maximum absolute atomic E-state index is 13.7. The molecule has 2 aromatic carbocycles. The first-order valence-corrected chi connectivity index (χ1v) is 14.3. The first kappa shape index (κ1) is 26.6. The molecule has 2 fully saturated rings. The Bertz CT molecular complexity index is 1290. The van der Waals surface area contributed by atoms with Gasteiger partial charge in [-0.25, -0.2) is 4.99 Å². The molecule has 2 aromatic rings. The molecule has 3 aliphatic rings. The van der Waals surface area contributed by atoms with Crippen LogP contribution in [-0.4, -0.2) is 54.4 Å². The topological polar surface area (TPSA) is 54.4 Å². The number of thioether (sulfide) groups is 1. The Balaban J connectivity index is 1.54. The van der Waals surface area contributed by atoms with E-state index in [1.807, 2.05) is 36.4 Å². The zero-order valence-electron chi connectivity index (χ0n) is 23.0. The van der Waals surface area contributed by atoms with E-state index < -0.39 is 0 Å². The number of nitrogens with zero attached hydrogens (tertiary/aromatic N) is 3. The maximum Gasteiger partial charge on any atom is 0.266 e. The summed E-state index contributed by atoms with van der Waals surface area (Å²) in [5.41, 5.74) is 5.22. The van der Waals surface area contributed by atoms with Crippen LogP contribution < -0.4 is 9.64 Å². The summed E-state index contributed by atoms with van der Waals surface area (Å²) in [7, 11) is 1.69. The van der Waals surface area contributed by atoms with Gasteiger partial charge in [0.05, 0.1) is 35.9 Å². The Morgan fingerprint density at radius 3 is 2.71 bits per heavy atom. The Morgan fingerprint density at radius 2 is 2.03 bits per heavy atom. The van der Waals surface area contributed by atoms with E-state index in [4.69, 9.17) is 14.5 Å². The number of methoxy groups -OCH3 is 1. The molecule has 0 spiro atoms. The van der Waals surface area contributed by atoms with Crippen molar-refractivity contribution in [3.63, 3.8) is 0 Å². The zero-order valence-corrected chi connectivity index (χ0v) is 23.8. The summed E-state index contributed by atoms with van der Waals surface area (Å²) in [6, 6.07) is 14.1. The van der Waals surface area contributed by atoms with E-state index in [2.05, 4.69) is 50.8 Å². The van der Waals surface area contributed by atoms with Gasteiger partial charge in [0, 0.05) is 36.0 Å². The number of amidine groups is 1. The summed E-state index contributed by atoms with van der Waals surface area (Å²) in [6.45, 7) is 11.1. The number of rotatable bonds is 7. The molecule has 0 N–H and O–H groups in total. The lowest BCUT2D eigenvalue weighted by atomic mass is 9.87. The zero-order chi connectivity index (χ0) is 26.9. The average Bonchev–Trinajstić information content (AvgIpc) is 3.51. The van der Waals surface area contributed by atoms with Gasteiger partial charge in [0.1, 0.15) is 5.75 Å². The molecule has 3 heterocycles. The SMILES string of the molecule is CCCN1c2cc(OC)c(/C=C3/SC(=Nc4ccccc4)N(CC4CCCO4)C3=O)cc2C(C)=CC1(C)C. The molecular formula is C31H37N3O3S. The van der Waals surface area contributed by atoms with Crippen LogP contribution in [0.15, 0.2) is 58.4 Å². The second-order valence-electron chi connectivity index (χ2n) is 10.6. The van der Waals surface area contributed by atoms with Gasteiger partial charge in [-0.15, -0.1) is 0 Å². The third-order valence-electron chi connectivity index (χ3n) is 7.34. The van der Waals surface area contributed by atoms with Crippen molar-refractivity contribution in [2.24, 2.45) is 4.99 Å². The summed E-state index contributed by atoms with van der Waals surface area (Å²) in [6.07, 6.45) is 7.37. The van der Waals surface area contributed by atoms with Gasteiger partial charge in [0.25, 0.3) is 5.91 Å². The third-order valence-corrected chi connectivity index (χ3v) is 8.35. The minimum atomic E-state index is -0.0824. The van der Waals surface area contributed by atoms with Crippen molar-refractivity contribution in [1.29, 1.82) is 0 Å². The predicted octanol–water partition coefficient (Wildman–Crippen LogP) is 6.89. The Morgan fingerprint density at radius 1 is 1.24 bits per heavy atom. The molecule has 0 aliphatic carbocycles. The van der Waals surface area contributed by atoms with Crippen molar-refractivity contribution in [2.45, 2.75) is 58.6 Å². The first-order chi connectivity index (χ1) is 18.3. The molecule has 38 heavy (non-hydrogen) atoms. The smallest absolute Gasteiger partial charge is 0.266 e. The molecule has 7 heteroatoms. The number of amides is 1. The highest BCUT2D eigenvalue weighted by atomic mass is 32.2. The van der Waals surface area contributed by atoms with Crippen molar-refractivity contribution in [3.05, 3.63) is 64.6 Å². The minimum absolute atomic E-state index is 0.0406. The van der Waals surface area contributed by atoms with Crippen LogP contribution in [0.5, 0.6) is 5.75 Å². The van der Waals surface area contributed by atoms with Gasteiger partial charge in [0.15, 0.2) is 5.17 Å². The molecular weight excluding hydrogens is 494 g/mol. The molecule has 200 valence electrons. The van der Waals surface area contributed by atoms with Crippen LogP contribution in [-0.2, 0) is 9.53 Å². The number of fused-ring (bicyclic) bond motifs is 1. The molecule has 0 bridgehead atoms. The molecule has 1 unspecified atom stereocenters. The van der Waals surface area contributed by atoms with Gasteiger partial charge >= 0.3 is 0 Å². The Hall–Kier alpha value is -3.03. The molecule has 1 amide bonds. The molecule has 0 radical (unpaired) electrons. The van der Waals surface area contributed by atoms with Crippen LogP contribution in [0.3, 0.4) is 0 Å². The number of carbonyl (C=O) groups is 1. The van der Waals surface area contributed by atoms with E-state index in [1.54, 1.807) is 12.0 Å². The van der Waals surface area contributed by atoms with Crippen LogP contribution >= 0.6 is 11.8 Å². The van der Waals surface area contributed by atoms with Gasteiger partial charge in [0.2, 0.25) is 0 Å². The van der Waals surface area contributed by atoms with Gasteiger partial charge in [-0.3, -0.25) is 9.69 Å². The minimum Gasteiger partial charge on any atom is -0.496 e. The van der Waals surface area contributed by atoms with E-state index in [0.717, 1.165) is 49.4 Å². The van der Waals surface area contributed by atoms with Crippen LogP contribution in [0.4, 0.5) is 11.4 Å². The highest BCUT2D eigenvalue weighted by Gasteiger charge is 2.37. The fourth-order valence-electron chi connectivity index (χ4n) is 5.54. The largest absolute Gasteiger partial charge is 0.496 e. The van der Waals surface area contributed by atoms with Gasteiger partial charge in [-0.1, -0.05) is 31.2 Å². The van der Waals surface area contributed by atoms with E-state index in [-0.39, 0.29) is 17.6 Å². The van der Waals surface area contributed by atoms with Crippen molar-refractivity contribution < 1.29 is 14.3 Å². The second kappa shape index (κ2) is 11.0. The van der Waals surface area contributed by atoms with Gasteiger partial charge < -0.3 is 14.4 Å². The van der Waals surface area contributed by atoms with Crippen LogP contribution in [0.25, 0.3) is 11.6 Å². The number of aliphatic imine (C=N–C) groups is 1. The number of ether oxygens (including phenoxy) is 2. The summed E-state index contributed by atoms with van der Waals surface area (Å²) in [5.74, 6) is 0.719. The van der Waals surface area contributed by atoms with Crippen molar-refractivity contribution in [2.75, 3.05) is 31.7 Å². The summed E-state index contributed by atoms with van der Waals surface area (Å²) < 4.78 is 11.7. The van der Waals surface area contributed by atoms with E-state index in [1.165, 1.54) is 28.6 Å².